The lowest BCUT2D eigenvalue weighted by Gasteiger charge is -2.20. The Hall–Kier alpha value is -2.36. The maximum Gasteiger partial charge on any atom is 0.254 e. The van der Waals surface area contributed by atoms with E-state index in [1.54, 1.807) is 36.5 Å². The molecule has 1 amide bonds. The molecule has 0 aliphatic heterocycles. The summed E-state index contributed by atoms with van der Waals surface area (Å²) in [6.07, 6.45) is 3.25. The van der Waals surface area contributed by atoms with E-state index in [-0.39, 0.29) is 5.91 Å². The van der Waals surface area contributed by atoms with Crippen LogP contribution < -0.4 is 4.74 Å². The SMILES string of the molecule is CC(C)COc1ccccc1CN(C)C(=O)c1ccncc1. The second-order valence-electron chi connectivity index (χ2n) is 5.71. The fourth-order valence-corrected chi connectivity index (χ4v) is 2.07. The lowest BCUT2D eigenvalue weighted by atomic mass is 10.1. The first-order chi connectivity index (χ1) is 10.6. The zero-order valence-corrected chi connectivity index (χ0v) is 13.3. The quantitative estimate of drug-likeness (QED) is 0.821. The van der Waals surface area contributed by atoms with Gasteiger partial charge < -0.3 is 9.64 Å². The Morgan fingerprint density at radius 2 is 1.86 bits per heavy atom. The first kappa shape index (κ1) is 16.0. The van der Waals surface area contributed by atoms with Crippen LogP contribution in [0.1, 0.15) is 29.8 Å². The van der Waals surface area contributed by atoms with Gasteiger partial charge in [0.15, 0.2) is 0 Å². The minimum Gasteiger partial charge on any atom is -0.493 e. The van der Waals surface area contributed by atoms with Gasteiger partial charge in [-0.3, -0.25) is 9.78 Å². The van der Waals surface area contributed by atoms with Gasteiger partial charge >= 0.3 is 0 Å². The molecule has 0 aliphatic carbocycles. The van der Waals surface area contributed by atoms with Gasteiger partial charge in [-0.2, -0.15) is 0 Å². The number of hydrogen-bond acceptors (Lipinski definition) is 3. The Balaban J connectivity index is 2.08. The molecule has 0 spiro atoms. The van der Waals surface area contributed by atoms with E-state index in [9.17, 15) is 4.79 Å². The number of carbonyl (C=O) groups is 1. The van der Waals surface area contributed by atoms with Crippen LogP contribution in [0.2, 0.25) is 0 Å². The molecule has 0 bridgehead atoms. The van der Waals surface area contributed by atoms with Gasteiger partial charge in [-0.05, 0) is 24.1 Å². The average Bonchev–Trinajstić information content (AvgIpc) is 2.54. The van der Waals surface area contributed by atoms with Crippen molar-refractivity contribution in [3.05, 3.63) is 59.9 Å². The van der Waals surface area contributed by atoms with Crippen LogP contribution in [0.4, 0.5) is 0 Å². The van der Waals surface area contributed by atoms with E-state index in [4.69, 9.17) is 4.74 Å². The van der Waals surface area contributed by atoms with Crippen LogP contribution in [-0.2, 0) is 6.54 Å². The predicted molar refractivity (Wildman–Crippen MR) is 86.8 cm³/mol. The monoisotopic (exact) mass is 298 g/mol. The van der Waals surface area contributed by atoms with Gasteiger partial charge in [0.25, 0.3) is 5.91 Å². The van der Waals surface area contributed by atoms with Gasteiger partial charge in [0, 0.05) is 37.1 Å². The van der Waals surface area contributed by atoms with E-state index in [0.717, 1.165) is 11.3 Å². The molecule has 2 aromatic rings. The van der Waals surface area contributed by atoms with Crippen molar-refractivity contribution in [2.45, 2.75) is 20.4 Å². The van der Waals surface area contributed by atoms with Gasteiger partial charge in [0.2, 0.25) is 0 Å². The number of pyridine rings is 1. The molecule has 0 atom stereocenters. The number of nitrogens with zero attached hydrogens (tertiary/aromatic N) is 2. The van der Waals surface area contributed by atoms with Gasteiger partial charge in [-0.15, -0.1) is 0 Å². The van der Waals surface area contributed by atoms with Crippen LogP contribution in [0, 0.1) is 5.92 Å². The molecule has 0 N–H and O–H groups in total. The van der Waals surface area contributed by atoms with Gasteiger partial charge in [-0.25, -0.2) is 0 Å². The summed E-state index contributed by atoms with van der Waals surface area (Å²) < 4.78 is 5.84. The molecule has 0 saturated heterocycles. The summed E-state index contributed by atoms with van der Waals surface area (Å²) in [5.74, 6) is 1.27. The fourth-order valence-electron chi connectivity index (χ4n) is 2.07. The van der Waals surface area contributed by atoms with Crippen molar-refractivity contribution >= 4 is 5.91 Å². The maximum atomic E-state index is 12.4. The third-order valence-corrected chi connectivity index (χ3v) is 3.23. The number of carbonyl (C=O) groups excluding carboxylic acids is 1. The highest BCUT2D eigenvalue weighted by Gasteiger charge is 2.14. The minimum absolute atomic E-state index is 0.0268. The molecule has 4 heteroatoms. The van der Waals surface area contributed by atoms with E-state index >= 15 is 0 Å². The number of benzene rings is 1. The zero-order chi connectivity index (χ0) is 15.9. The average molecular weight is 298 g/mol. The number of para-hydroxylation sites is 1. The molecule has 0 unspecified atom stereocenters. The molecule has 1 aromatic heterocycles. The second kappa shape index (κ2) is 7.59. The molecule has 1 aromatic carbocycles. The first-order valence-corrected chi connectivity index (χ1v) is 7.44. The molecule has 0 aliphatic rings. The van der Waals surface area contributed by atoms with E-state index in [0.29, 0.717) is 24.6 Å². The first-order valence-electron chi connectivity index (χ1n) is 7.44. The van der Waals surface area contributed by atoms with E-state index in [1.165, 1.54) is 0 Å². The number of ether oxygens (including phenoxy) is 1. The number of rotatable bonds is 6. The van der Waals surface area contributed by atoms with Crippen LogP contribution in [0.3, 0.4) is 0 Å². The molecule has 116 valence electrons. The Morgan fingerprint density at radius 3 is 2.55 bits per heavy atom. The van der Waals surface area contributed by atoms with E-state index in [2.05, 4.69) is 18.8 Å². The summed E-state index contributed by atoms with van der Waals surface area (Å²) in [7, 11) is 1.79. The fraction of sp³-hybridized carbons (Fsp3) is 0.333. The smallest absolute Gasteiger partial charge is 0.254 e. The standard InChI is InChI=1S/C18H22N2O2/c1-14(2)13-22-17-7-5-4-6-16(17)12-20(3)18(21)15-8-10-19-11-9-15/h4-11,14H,12-13H2,1-3H3. The lowest BCUT2D eigenvalue weighted by Crippen LogP contribution is -2.26. The highest BCUT2D eigenvalue weighted by Crippen LogP contribution is 2.20. The molecule has 2 rings (SSSR count). The topological polar surface area (TPSA) is 42.4 Å². The second-order valence-corrected chi connectivity index (χ2v) is 5.71. The molecule has 0 saturated carbocycles. The van der Waals surface area contributed by atoms with Crippen molar-refractivity contribution in [2.24, 2.45) is 5.92 Å². The summed E-state index contributed by atoms with van der Waals surface area (Å²) in [6.45, 7) is 5.40. The maximum absolute atomic E-state index is 12.4. The number of aromatic nitrogens is 1. The Labute approximate surface area is 131 Å². The molecule has 4 nitrogen and oxygen atoms in total. The zero-order valence-electron chi connectivity index (χ0n) is 13.3. The highest BCUT2D eigenvalue weighted by atomic mass is 16.5. The molecule has 0 fully saturated rings. The van der Waals surface area contributed by atoms with E-state index < -0.39 is 0 Å². The third-order valence-electron chi connectivity index (χ3n) is 3.23. The van der Waals surface area contributed by atoms with Gasteiger partial charge in [0.05, 0.1) is 6.61 Å². The number of hydrogen-bond donors (Lipinski definition) is 0. The van der Waals surface area contributed by atoms with Gasteiger partial charge in [-0.1, -0.05) is 32.0 Å². The summed E-state index contributed by atoms with van der Waals surface area (Å²) in [6, 6.07) is 11.3. The van der Waals surface area contributed by atoms with Crippen LogP contribution >= 0.6 is 0 Å². The van der Waals surface area contributed by atoms with Crippen LogP contribution in [0.5, 0.6) is 5.75 Å². The number of amides is 1. The Kier molecular flexibility index (Phi) is 5.53. The summed E-state index contributed by atoms with van der Waals surface area (Å²) in [5.41, 5.74) is 1.64. The van der Waals surface area contributed by atoms with Crippen LogP contribution in [0.25, 0.3) is 0 Å². The van der Waals surface area contributed by atoms with Gasteiger partial charge in [0.1, 0.15) is 5.75 Å². The molecule has 1 heterocycles. The van der Waals surface area contributed by atoms with Crippen molar-refractivity contribution in [1.82, 2.24) is 9.88 Å². The van der Waals surface area contributed by atoms with E-state index in [1.807, 2.05) is 24.3 Å². The summed E-state index contributed by atoms with van der Waals surface area (Å²) in [5, 5.41) is 0. The van der Waals surface area contributed by atoms with Crippen LogP contribution in [-0.4, -0.2) is 29.4 Å². The van der Waals surface area contributed by atoms with Crippen molar-refractivity contribution in [2.75, 3.05) is 13.7 Å². The predicted octanol–water partition coefficient (Wildman–Crippen LogP) is 3.39. The van der Waals surface area contributed by atoms with Crippen molar-refractivity contribution in [3.63, 3.8) is 0 Å². The Morgan fingerprint density at radius 1 is 1.18 bits per heavy atom. The lowest BCUT2D eigenvalue weighted by molar-refractivity contribution is 0.0783. The Bertz CT molecular complexity index is 611. The third kappa shape index (κ3) is 4.32. The molecule has 22 heavy (non-hydrogen) atoms. The summed E-state index contributed by atoms with van der Waals surface area (Å²) in [4.78, 5) is 18.0. The normalized spacial score (nSPS) is 10.5. The molecular weight excluding hydrogens is 276 g/mol. The van der Waals surface area contributed by atoms with Crippen molar-refractivity contribution < 1.29 is 9.53 Å². The largest absolute Gasteiger partial charge is 0.493 e. The molecule has 0 radical (unpaired) electrons. The van der Waals surface area contributed by atoms with Crippen LogP contribution in [0.15, 0.2) is 48.8 Å². The molecular formula is C18H22N2O2. The summed E-state index contributed by atoms with van der Waals surface area (Å²) >= 11 is 0. The van der Waals surface area contributed by atoms with Crippen molar-refractivity contribution in [3.8, 4) is 5.75 Å². The highest BCUT2D eigenvalue weighted by molar-refractivity contribution is 5.93. The van der Waals surface area contributed by atoms with Crippen molar-refractivity contribution in [1.29, 1.82) is 0 Å². The minimum atomic E-state index is -0.0268.